The first-order valence-electron chi connectivity index (χ1n) is 11.2. The number of aromatic nitrogens is 1. The zero-order valence-electron chi connectivity index (χ0n) is 19.9. The van der Waals surface area contributed by atoms with Gasteiger partial charge in [0.2, 0.25) is 0 Å². The van der Waals surface area contributed by atoms with Gasteiger partial charge in [-0.25, -0.2) is 23.7 Å². The summed E-state index contributed by atoms with van der Waals surface area (Å²) < 4.78 is 28.4. The molecule has 1 aromatic carbocycles. The number of thiazole rings is 1. The molecule has 1 aromatic heterocycles. The number of carbonyl (C=O) groups is 2. The van der Waals surface area contributed by atoms with Crippen LogP contribution in [0.2, 0.25) is 0 Å². The quantitative estimate of drug-likeness (QED) is 0.288. The predicted molar refractivity (Wildman–Crippen MR) is 134 cm³/mol. The summed E-state index contributed by atoms with van der Waals surface area (Å²) in [5, 5.41) is 19.1. The number of nitrogens with one attached hydrogen (secondary N) is 1. The maximum absolute atomic E-state index is 12.1. The van der Waals surface area contributed by atoms with E-state index in [0.29, 0.717) is 36.5 Å². The van der Waals surface area contributed by atoms with Crippen molar-refractivity contribution in [1.29, 1.82) is 0 Å². The van der Waals surface area contributed by atoms with E-state index in [0.717, 1.165) is 16.5 Å². The standard InChI is InChI=1S/C24H27N3O7S2/c1-24(22(29)26-31,36(2,32)33)12-9-21-25-19-8-7-17(16-20(19)35-21)6-4-3-5-15-34-23(30)27-13-10-18(28)11-14-27/h7-8,16,18,28,31H,9-15H2,1-2H3,(H,26,29). The monoisotopic (exact) mass is 533 g/mol. The molecular weight excluding hydrogens is 506 g/mol. The van der Waals surface area contributed by atoms with Gasteiger partial charge in [0.05, 0.1) is 21.3 Å². The lowest BCUT2D eigenvalue weighted by Crippen LogP contribution is -2.49. The first kappa shape index (κ1) is 27.4. The Balaban J connectivity index is 1.58. The van der Waals surface area contributed by atoms with Crippen molar-refractivity contribution in [2.45, 2.75) is 43.5 Å². The molecule has 192 valence electrons. The Morgan fingerprint density at radius 3 is 2.69 bits per heavy atom. The minimum atomic E-state index is -3.78. The molecule has 3 rings (SSSR count). The fraction of sp³-hybridized carbons (Fsp3) is 0.458. The smallest absolute Gasteiger partial charge is 0.410 e. The van der Waals surface area contributed by atoms with Gasteiger partial charge in [-0.2, -0.15) is 0 Å². The number of amides is 2. The lowest BCUT2D eigenvalue weighted by atomic mass is 10.0. The minimum Gasteiger partial charge on any atom is -0.436 e. The number of piperidine rings is 1. The molecule has 1 saturated heterocycles. The van der Waals surface area contributed by atoms with Crippen molar-refractivity contribution >= 4 is 43.4 Å². The number of ether oxygens (including phenoxy) is 1. The molecule has 0 spiro atoms. The molecule has 0 saturated carbocycles. The molecule has 2 aromatic rings. The van der Waals surface area contributed by atoms with Crippen LogP contribution in [0.5, 0.6) is 0 Å². The summed E-state index contributed by atoms with van der Waals surface area (Å²) in [4.78, 5) is 30.0. The lowest BCUT2D eigenvalue weighted by Gasteiger charge is -2.28. The van der Waals surface area contributed by atoms with Gasteiger partial charge in [0.15, 0.2) is 16.4 Å². The average Bonchev–Trinajstić information content (AvgIpc) is 3.26. The van der Waals surface area contributed by atoms with Gasteiger partial charge in [0.25, 0.3) is 5.91 Å². The predicted octanol–water partition coefficient (Wildman–Crippen LogP) is 1.49. The highest BCUT2D eigenvalue weighted by atomic mass is 32.2. The Kier molecular flexibility index (Phi) is 8.93. The Bertz CT molecular complexity index is 1360. The number of hydrogen-bond donors (Lipinski definition) is 3. The Labute approximate surface area is 213 Å². The van der Waals surface area contributed by atoms with Gasteiger partial charge < -0.3 is 14.7 Å². The van der Waals surface area contributed by atoms with E-state index in [-0.39, 0.29) is 25.6 Å². The highest BCUT2D eigenvalue weighted by Crippen LogP contribution is 2.28. The van der Waals surface area contributed by atoms with E-state index in [1.165, 1.54) is 23.7 Å². The number of rotatable bonds is 6. The zero-order chi connectivity index (χ0) is 26.3. The average molecular weight is 534 g/mol. The van der Waals surface area contributed by atoms with Crippen molar-refractivity contribution in [1.82, 2.24) is 15.4 Å². The number of aliphatic hydroxyl groups excluding tert-OH is 1. The summed E-state index contributed by atoms with van der Waals surface area (Å²) in [6, 6.07) is 5.41. The summed E-state index contributed by atoms with van der Waals surface area (Å²) in [7, 11) is -3.78. The first-order chi connectivity index (χ1) is 17.0. The van der Waals surface area contributed by atoms with E-state index in [2.05, 4.69) is 28.7 Å². The molecule has 1 unspecified atom stereocenters. The second-order valence-electron chi connectivity index (χ2n) is 8.56. The number of hydroxylamine groups is 1. The molecule has 3 N–H and O–H groups in total. The molecule has 0 bridgehead atoms. The Morgan fingerprint density at radius 1 is 1.31 bits per heavy atom. The molecule has 1 aliphatic rings. The summed E-state index contributed by atoms with van der Waals surface area (Å²) in [6.07, 6.45) is 1.42. The largest absolute Gasteiger partial charge is 0.436 e. The highest BCUT2D eigenvalue weighted by molar-refractivity contribution is 7.92. The highest BCUT2D eigenvalue weighted by Gasteiger charge is 2.43. The third-order valence-electron chi connectivity index (χ3n) is 6.00. The van der Waals surface area contributed by atoms with Crippen LogP contribution in [-0.4, -0.2) is 77.4 Å². The molecule has 2 amide bonds. The minimum absolute atomic E-state index is 0.0371. The fourth-order valence-electron chi connectivity index (χ4n) is 3.51. The molecule has 0 aliphatic carbocycles. The van der Waals surface area contributed by atoms with Gasteiger partial charge in [-0.15, -0.1) is 11.3 Å². The number of carbonyl (C=O) groups excluding carboxylic acids is 2. The van der Waals surface area contributed by atoms with Gasteiger partial charge in [0.1, 0.15) is 4.75 Å². The third kappa shape index (κ3) is 6.74. The van der Waals surface area contributed by atoms with Crippen molar-refractivity contribution in [3.8, 4) is 23.7 Å². The molecule has 36 heavy (non-hydrogen) atoms. The van der Waals surface area contributed by atoms with Gasteiger partial charge in [0, 0.05) is 31.3 Å². The maximum Gasteiger partial charge on any atom is 0.410 e. The summed E-state index contributed by atoms with van der Waals surface area (Å²) in [6.45, 7) is 2.12. The van der Waals surface area contributed by atoms with Crippen LogP contribution in [0, 0.1) is 23.7 Å². The summed E-state index contributed by atoms with van der Waals surface area (Å²) in [5.41, 5.74) is 2.86. The van der Waals surface area contributed by atoms with Crippen molar-refractivity contribution < 1.29 is 33.1 Å². The van der Waals surface area contributed by atoms with Crippen molar-refractivity contribution in [3.63, 3.8) is 0 Å². The molecule has 1 fully saturated rings. The van der Waals surface area contributed by atoms with E-state index >= 15 is 0 Å². The van der Waals surface area contributed by atoms with Crippen LogP contribution in [0.15, 0.2) is 18.2 Å². The van der Waals surface area contributed by atoms with Crippen LogP contribution < -0.4 is 5.48 Å². The molecule has 1 atom stereocenters. The zero-order valence-corrected chi connectivity index (χ0v) is 21.5. The van der Waals surface area contributed by atoms with E-state index in [4.69, 9.17) is 9.94 Å². The number of aryl methyl sites for hydroxylation is 1. The lowest BCUT2D eigenvalue weighted by molar-refractivity contribution is -0.131. The Morgan fingerprint density at radius 2 is 2.03 bits per heavy atom. The molecule has 2 heterocycles. The van der Waals surface area contributed by atoms with Crippen LogP contribution in [-0.2, 0) is 25.8 Å². The summed E-state index contributed by atoms with van der Waals surface area (Å²) in [5.74, 6) is 9.98. The van der Waals surface area contributed by atoms with Crippen LogP contribution in [0.4, 0.5) is 4.79 Å². The van der Waals surface area contributed by atoms with Gasteiger partial charge in [-0.3, -0.25) is 10.0 Å². The van der Waals surface area contributed by atoms with Crippen LogP contribution >= 0.6 is 11.3 Å². The number of likely N-dealkylation sites (tertiary alicyclic amines) is 1. The normalized spacial score (nSPS) is 15.7. The number of sulfone groups is 1. The summed E-state index contributed by atoms with van der Waals surface area (Å²) >= 11 is 1.36. The Hall–Kier alpha value is -3.16. The van der Waals surface area contributed by atoms with Crippen molar-refractivity contribution in [3.05, 3.63) is 28.8 Å². The van der Waals surface area contributed by atoms with E-state index < -0.39 is 26.6 Å². The van der Waals surface area contributed by atoms with Crippen LogP contribution in [0.3, 0.4) is 0 Å². The number of fused-ring (bicyclic) bond motifs is 1. The fourth-order valence-corrected chi connectivity index (χ4v) is 5.37. The van der Waals surface area contributed by atoms with Crippen LogP contribution in [0.1, 0.15) is 36.8 Å². The molecule has 10 nitrogen and oxygen atoms in total. The molecular formula is C24H27N3O7S2. The van der Waals surface area contributed by atoms with E-state index in [9.17, 15) is 23.1 Å². The van der Waals surface area contributed by atoms with Gasteiger partial charge >= 0.3 is 6.09 Å². The van der Waals surface area contributed by atoms with Crippen LogP contribution in [0.25, 0.3) is 10.2 Å². The number of hydrogen-bond acceptors (Lipinski definition) is 9. The van der Waals surface area contributed by atoms with Crippen molar-refractivity contribution in [2.75, 3.05) is 26.0 Å². The van der Waals surface area contributed by atoms with E-state index in [1.807, 2.05) is 6.07 Å². The number of nitrogens with zero attached hydrogens (tertiary/aromatic N) is 2. The number of aliphatic hydroxyl groups is 1. The maximum atomic E-state index is 12.1. The van der Waals surface area contributed by atoms with Crippen molar-refractivity contribution in [2.24, 2.45) is 0 Å². The van der Waals surface area contributed by atoms with E-state index in [1.54, 1.807) is 17.0 Å². The molecule has 1 aliphatic heterocycles. The topological polar surface area (TPSA) is 146 Å². The third-order valence-corrected chi connectivity index (χ3v) is 9.10. The second-order valence-corrected chi connectivity index (χ2v) is 12.1. The molecule has 12 heteroatoms. The number of benzene rings is 1. The molecule has 0 radical (unpaired) electrons. The second kappa shape index (κ2) is 11.7. The SMILES string of the molecule is CC(CCc1nc2ccc(C#CC#CCOC(=O)N3CCC(O)CC3)cc2s1)(C(=O)NO)S(C)(=O)=O. The van der Waals surface area contributed by atoms with Gasteiger partial charge in [-0.05, 0) is 62.1 Å². The van der Waals surface area contributed by atoms with Gasteiger partial charge in [-0.1, -0.05) is 5.92 Å². The first-order valence-corrected chi connectivity index (χ1v) is 13.9.